The van der Waals surface area contributed by atoms with Crippen LogP contribution < -0.4 is 4.90 Å². The fraction of sp³-hybridized carbons (Fsp3) is 0.0476. The number of aromatic nitrogens is 1. The minimum atomic E-state index is -0.0690. The predicted octanol–water partition coefficient (Wildman–Crippen LogP) is 18.2. The molecule has 3 aromatic heterocycles. The fourth-order valence-electron chi connectivity index (χ4n) is 11.2. The molecule has 4 heteroatoms. The summed E-state index contributed by atoms with van der Waals surface area (Å²) in [5, 5.41) is 7.19. The number of hydrogen-bond acceptors (Lipinski definition) is 3. The molecule has 0 saturated carbocycles. The van der Waals surface area contributed by atoms with Crippen LogP contribution in [-0.2, 0) is 5.41 Å². The van der Waals surface area contributed by atoms with Gasteiger partial charge in [0.25, 0.3) is 0 Å². The van der Waals surface area contributed by atoms with Crippen molar-refractivity contribution in [2.75, 3.05) is 4.90 Å². The predicted molar refractivity (Wildman–Crippen MR) is 284 cm³/mol. The Morgan fingerprint density at radius 3 is 1.90 bits per heavy atom. The Morgan fingerprint density at radius 2 is 1.07 bits per heavy atom. The first-order valence-electron chi connectivity index (χ1n) is 23.1. The molecular formula is C63H42N2OS. The Balaban J connectivity index is 0.952. The average Bonchev–Trinajstić information content (AvgIpc) is 4.11. The Morgan fingerprint density at radius 1 is 0.433 bits per heavy atom. The number of rotatable bonds is 6. The van der Waals surface area contributed by atoms with E-state index in [1.807, 2.05) is 11.3 Å². The highest BCUT2D eigenvalue weighted by Gasteiger charge is 2.35. The van der Waals surface area contributed by atoms with Gasteiger partial charge in [-0.3, -0.25) is 0 Å². The summed E-state index contributed by atoms with van der Waals surface area (Å²) in [4.78, 5) is 2.43. The van der Waals surface area contributed by atoms with Crippen molar-refractivity contribution >= 4 is 92.3 Å². The molecule has 3 nitrogen and oxygen atoms in total. The molecule has 0 bridgehead atoms. The van der Waals surface area contributed by atoms with E-state index in [-0.39, 0.29) is 5.41 Å². The Hall–Kier alpha value is -8.18. The van der Waals surface area contributed by atoms with Crippen molar-refractivity contribution in [1.29, 1.82) is 0 Å². The number of nitrogens with zero attached hydrogens (tertiary/aromatic N) is 2. The number of anilines is 3. The molecule has 0 fully saturated rings. The SMILES string of the molecule is CC1(C)c2ccccc2-c2ccc(-c3ccc(N(c4ccc5sc6ccccc6c5c4)c4ccc(-c5cccc(-n6c7ccccc7c7ccccc76)c5)c5oc6ccccc6c45)cc3)cc21. The molecule has 316 valence electrons. The number of thiophene rings is 1. The van der Waals surface area contributed by atoms with E-state index >= 15 is 0 Å². The van der Waals surface area contributed by atoms with Crippen LogP contribution in [0.1, 0.15) is 25.0 Å². The molecule has 13 aromatic rings. The average molecular weight is 875 g/mol. The topological polar surface area (TPSA) is 21.3 Å². The van der Waals surface area contributed by atoms with E-state index in [0.717, 1.165) is 55.8 Å². The third-order valence-corrected chi connectivity index (χ3v) is 15.6. The first-order valence-corrected chi connectivity index (χ1v) is 23.9. The largest absolute Gasteiger partial charge is 0.455 e. The molecule has 0 saturated heterocycles. The van der Waals surface area contributed by atoms with Crippen molar-refractivity contribution in [3.8, 4) is 39.1 Å². The van der Waals surface area contributed by atoms with Gasteiger partial charge in [0.05, 0.1) is 22.1 Å². The molecule has 0 spiro atoms. The fourth-order valence-corrected chi connectivity index (χ4v) is 12.3. The van der Waals surface area contributed by atoms with Gasteiger partial charge in [-0.05, 0) is 124 Å². The van der Waals surface area contributed by atoms with Crippen molar-refractivity contribution in [3.63, 3.8) is 0 Å². The first kappa shape index (κ1) is 38.1. The molecule has 1 aliphatic rings. The van der Waals surface area contributed by atoms with E-state index in [1.54, 1.807) is 0 Å². The summed E-state index contributed by atoms with van der Waals surface area (Å²) in [5.41, 5.74) is 18.4. The molecule has 1 aliphatic carbocycles. The van der Waals surface area contributed by atoms with E-state index in [4.69, 9.17) is 4.42 Å². The molecule has 0 amide bonds. The standard InChI is InChI=1S/C63H42N2OS/c1-63(2)53-21-8-3-16-46(53)47-32-28-40(37-54(47)63)39-26-29-42(30-27-39)64(44-31-35-60-52(38-44)50-19-7-12-25-59(50)67-60)57-34-33-45(62-61(57)51-20-6-11-24-58(51)66-62)41-14-13-15-43(36-41)65-55-22-9-4-17-48(55)49-18-5-10-23-56(49)65/h3-38H,1-2H3. The summed E-state index contributed by atoms with van der Waals surface area (Å²) < 4.78 is 12.0. The second-order valence-corrected chi connectivity index (χ2v) is 19.5. The molecular weight excluding hydrogens is 833 g/mol. The molecule has 3 heterocycles. The molecule has 0 aliphatic heterocycles. The molecule has 0 radical (unpaired) electrons. The van der Waals surface area contributed by atoms with Crippen LogP contribution in [0.3, 0.4) is 0 Å². The van der Waals surface area contributed by atoms with Gasteiger partial charge in [0.1, 0.15) is 11.2 Å². The van der Waals surface area contributed by atoms with Crippen LogP contribution in [0.4, 0.5) is 17.1 Å². The zero-order valence-corrected chi connectivity index (χ0v) is 37.8. The third kappa shape index (κ3) is 5.70. The van der Waals surface area contributed by atoms with Gasteiger partial charge in [0.2, 0.25) is 0 Å². The van der Waals surface area contributed by atoms with Gasteiger partial charge in [0.15, 0.2) is 0 Å². The van der Waals surface area contributed by atoms with E-state index in [1.165, 1.54) is 75.4 Å². The highest BCUT2D eigenvalue weighted by molar-refractivity contribution is 7.25. The first-order chi connectivity index (χ1) is 33.0. The van der Waals surface area contributed by atoms with Crippen molar-refractivity contribution in [2.24, 2.45) is 0 Å². The third-order valence-electron chi connectivity index (χ3n) is 14.4. The van der Waals surface area contributed by atoms with Crippen LogP contribution in [0.5, 0.6) is 0 Å². The van der Waals surface area contributed by atoms with Crippen LogP contribution in [-0.4, -0.2) is 4.57 Å². The summed E-state index contributed by atoms with van der Waals surface area (Å²) in [5.74, 6) is 0. The summed E-state index contributed by atoms with van der Waals surface area (Å²) >= 11 is 1.85. The lowest BCUT2D eigenvalue weighted by Gasteiger charge is -2.27. The van der Waals surface area contributed by atoms with E-state index in [2.05, 4.69) is 242 Å². The van der Waals surface area contributed by atoms with Gasteiger partial charge < -0.3 is 13.9 Å². The normalized spacial score (nSPS) is 13.0. The summed E-state index contributed by atoms with van der Waals surface area (Å²) in [7, 11) is 0. The maximum Gasteiger partial charge on any atom is 0.145 e. The Bertz CT molecular complexity index is 4090. The number of hydrogen-bond donors (Lipinski definition) is 0. The lowest BCUT2D eigenvalue weighted by atomic mass is 9.81. The van der Waals surface area contributed by atoms with Crippen molar-refractivity contribution in [1.82, 2.24) is 4.57 Å². The van der Waals surface area contributed by atoms with Crippen LogP contribution in [0.15, 0.2) is 223 Å². The maximum absolute atomic E-state index is 7.01. The lowest BCUT2D eigenvalue weighted by Crippen LogP contribution is -2.14. The number of para-hydroxylation sites is 3. The Kier molecular flexibility index (Phi) is 8.20. The molecule has 14 rings (SSSR count). The van der Waals surface area contributed by atoms with Crippen LogP contribution in [0.25, 0.3) is 103 Å². The molecule has 67 heavy (non-hydrogen) atoms. The van der Waals surface area contributed by atoms with Crippen molar-refractivity contribution in [2.45, 2.75) is 19.3 Å². The highest BCUT2D eigenvalue weighted by atomic mass is 32.1. The van der Waals surface area contributed by atoms with Gasteiger partial charge in [-0.25, -0.2) is 0 Å². The number of benzene rings is 10. The minimum absolute atomic E-state index is 0.0690. The van der Waals surface area contributed by atoms with Crippen LogP contribution >= 0.6 is 11.3 Å². The van der Waals surface area contributed by atoms with Gasteiger partial charge >= 0.3 is 0 Å². The quantitative estimate of drug-likeness (QED) is 0.166. The summed E-state index contributed by atoms with van der Waals surface area (Å²) in [6.45, 7) is 4.70. The lowest BCUT2D eigenvalue weighted by molar-refractivity contribution is 0.660. The smallest absolute Gasteiger partial charge is 0.145 e. The van der Waals surface area contributed by atoms with Gasteiger partial charge in [-0.2, -0.15) is 0 Å². The highest BCUT2D eigenvalue weighted by Crippen LogP contribution is 2.51. The van der Waals surface area contributed by atoms with Crippen molar-refractivity contribution < 1.29 is 4.42 Å². The summed E-state index contributed by atoms with van der Waals surface area (Å²) in [6, 6.07) is 80.1. The maximum atomic E-state index is 7.01. The zero-order chi connectivity index (χ0) is 44.4. The Labute approximate surface area is 392 Å². The van der Waals surface area contributed by atoms with E-state index < -0.39 is 0 Å². The molecule has 0 N–H and O–H groups in total. The van der Waals surface area contributed by atoms with Crippen molar-refractivity contribution in [3.05, 3.63) is 230 Å². The van der Waals surface area contributed by atoms with Gasteiger partial charge in [0, 0.05) is 64.4 Å². The molecule has 0 atom stereocenters. The van der Waals surface area contributed by atoms with E-state index in [9.17, 15) is 0 Å². The van der Waals surface area contributed by atoms with E-state index in [0.29, 0.717) is 0 Å². The van der Waals surface area contributed by atoms with Gasteiger partial charge in [-0.1, -0.05) is 147 Å². The molecule has 0 unspecified atom stereocenters. The minimum Gasteiger partial charge on any atom is -0.455 e. The zero-order valence-electron chi connectivity index (χ0n) is 37.0. The number of fused-ring (bicyclic) bond motifs is 12. The monoisotopic (exact) mass is 874 g/mol. The van der Waals surface area contributed by atoms with Crippen LogP contribution in [0, 0.1) is 0 Å². The summed E-state index contributed by atoms with van der Waals surface area (Å²) in [6.07, 6.45) is 0. The number of furan rings is 1. The van der Waals surface area contributed by atoms with Crippen LogP contribution in [0.2, 0.25) is 0 Å². The second-order valence-electron chi connectivity index (χ2n) is 18.4. The van der Waals surface area contributed by atoms with Gasteiger partial charge in [-0.15, -0.1) is 11.3 Å². The molecule has 10 aromatic carbocycles. The second kappa shape index (κ2) is 14.4.